The van der Waals surface area contributed by atoms with E-state index >= 15 is 0 Å². The highest BCUT2D eigenvalue weighted by Crippen LogP contribution is 2.29. The Hall–Kier alpha value is -0.220. The van der Waals surface area contributed by atoms with Gasteiger partial charge < -0.3 is 5.32 Å². The van der Waals surface area contributed by atoms with Crippen LogP contribution in [0, 0.1) is 6.92 Å². The summed E-state index contributed by atoms with van der Waals surface area (Å²) < 4.78 is 0. The SMILES string of the molecule is CCNC(c1ccc(C)c(Cl)c1)C1CSCCN1C. The van der Waals surface area contributed by atoms with E-state index in [1.54, 1.807) is 0 Å². The van der Waals surface area contributed by atoms with Crippen LogP contribution >= 0.6 is 23.4 Å². The molecule has 2 unspecified atom stereocenters. The van der Waals surface area contributed by atoms with E-state index in [9.17, 15) is 0 Å². The zero-order valence-electron chi connectivity index (χ0n) is 11.9. The van der Waals surface area contributed by atoms with Crippen molar-refractivity contribution in [3.05, 3.63) is 34.3 Å². The molecule has 0 radical (unpaired) electrons. The van der Waals surface area contributed by atoms with E-state index in [1.807, 2.05) is 11.8 Å². The van der Waals surface area contributed by atoms with Crippen molar-refractivity contribution in [2.24, 2.45) is 0 Å². The number of thioether (sulfide) groups is 1. The van der Waals surface area contributed by atoms with E-state index in [-0.39, 0.29) is 0 Å². The fourth-order valence-electron chi connectivity index (χ4n) is 2.55. The molecule has 1 fully saturated rings. The Morgan fingerprint density at radius 1 is 1.53 bits per heavy atom. The van der Waals surface area contributed by atoms with E-state index in [1.165, 1.54) is 17.1 Å². The molecular weight excluding hydrogens is 276 g/mol. The average molecular weight is 299 g/mol. The molecule has 1 aromatic rings. The largest absolute Gasteiger partial charge is 0.309 e. The zero-order valence-corrected chi connectivity index (χ0v) is 13.5. The summed E-state index contributed by atoms with van der Waals surface area (Å²) in [5.41, 5.74) is 2.45. The molecule has 2 atom stereocenters. The molecule has 1 aliphatic rings. The minimum atomic E-state index is 0.362. The van der Waals surface area contributed by atoms with Crippen LogP contribution < -0.4 is 5.32 Å². The van der Waals surface area contributed by atoms with Crippen LogP contribution in [0.15, 0.2) is 18.2 Å². The molecule has 2 rings (SSSR count). The molecule has 1 aromatic carbocycles. The third kappa shape index (κ3) is 3.66. The van der Waals surface area contributed by atoms with Gasteiger partial charge in [0.25, 0.3) is 0 Å². The van der Waals surface area contributed by atoms with Crippen LogP contribution in [-0.2, 0) is 0 Å². The van der Waals surface area contributed by atoms with Crippen molar-refractivity contribution in [1.29, 1.82) is 0 Å². The summed E-state index contributed by atoms with van der Waals surface area (Å²) in [5, 5.41) is 4.50. The molecular formula is C15H23ClN2S. The first-order valence-corrected chi connectivity index (χ1v) is 8.44. The number of halogens is 1. The van der Waals surface area contributed by atoms with Crippen LogP contribution in [0.4, 0.5) is 0 Å². The predicted molar refractivity (Wildman–Crippen MR) is 86.3 cm³/mol. The maximum absolute atomic E-state index is 6.29. The summed E-state index contributed by atoms with van der Waals surface area (Å²) in [4.78, 5) is 2.47. The first-order chi connectivity index (χ1) is 9.13. The lowest BCUT2D eigenvalue weighted by molar-refractivity contribution is 0.217. The molecule has 0 bridgehead atoms. The van der Waals surface area contributed by atoms with Gasteiger partial charge in [-0.15, -0.1) is 0 Å². The first-order valence-electron chi connectivity index (χ1n) is 6.91. The maximum atomic E-state index is 6.29. The number of hydrogen-bond donors (Lipinski definition) is 1. The van der Waals surface area contributed by atoms with Crippen LogP contribution in [0.25, 0.3) is 0 Å². The minimum absolute atomic E-state index is 0.362. The summed E-state index contributed by atoms with van der Waals surface area (Å²) in [5.74, 6) is 2.42. The summed E-state index contributed by atoms with van der Waals surface area (Å²) in [7, 11) is 2.23. The number of benzene rings is 1. The van der Waals surface area contributed by atoms with Crippen molar-refractivity contribution in [3.8, 4) is 0 Å². The molecule has 106 valence electrons. The van der Waals surface area contributed by atoms with Gasteiger partial charge >= 0.3 is 0 Å². The zero-order chi connectivity index (χ0) is 13.8. The molecule has 1 heterocycles. The lowest BCUT2D eigenvalue weighted by Crippen LogP contribution is -2.47. The van der Waals surface area contributed by atoms with Gasteiger partial charge in [0.05, 0.1) is 0 Å². The fourth-order valence-corrected chi connectivity index (χ4v) is 4.02. The number of nitrogens with one attached hydrogen (secondary N) is 1. The minimum Gasteiger partial charge on any atom is -0.309 e. The number of rotatable bonds is 4. The Labute approximate surface area is 125 Å². The van der Waals surface area contributed by atoms with Gasteiger partial charge in [0.2, 0.25) is 0 Å². The van der Waals surface area contributed by atoms with Crippen LogP contribution in [-0.4, -0.2) is 42.6 Å². The van der Waals surface area contributed by atoms with Crippen LogP contribution in [0.5, 0.6) is 0 Å². The topological polar surface area (TPSA) is 15.3 Å². The van der Waals surface area contributed by atoms with Crippen molar-refractivity contribution in [2.45, 2.75) is 25.9 Å². The summed E-state index contributed by atoms with van der Waals surface area (Å²) >= 11 is 8.34. The molecule has 0 spiro atoms. The molecule has 2 nitrogen and oxygen atoms in total. The Balaban J connectivity index is 2.25. The van der Waals surface area contributed by atoms with Gasteiger partial charge in [-0.1, -0.05) is 30.7 Å². The van der Waals surface area contributed by atoms with Gasteiger partial charge in [0.1, 0.15) is 0 Å². The second kappa shape index (κ2) is 6.98. The first kappa shape index (κ1) is 15.2. The van der Waals surface area contributed by atoms with Gasteiger partial charge in [-0.05, 0) is 37.7 Å². The fraction of sp³-hybridized carbons (Fsp3) is 0.600. The van der Waals surface area contributed by atoms with E-state index in [4.69, 9.17) is 11.6 Å². The van der Waals surface area contributed by atoms with E-state index in [0.717, 1.165) is 23.7 Å². The summed E-state index contributed by atoms with van der Waals surface area (Å²) in [6, 6.07) is 7.36. The van der Waals surface area contributed by atoms with Crippen molar-refractivity contribution in [2.75, 3.05) is 31.6 Å². The molecule has 0 aliphatic carbocycles. The molecule has 19 heavy (non-hydrogen) atoms. The third-order valence-electron chi connectivity index (χ3n) is 3.81. The lowest BCUT2D eigenvalue weighted by Gasteiger charge is -2.38. The smallest absolute Gasteiger partial charge is 0.0486 e. The molecule has 1 aliphatic heterocycles. The monoisotopic (exact) mass is 298 g/mol. The molecule has 1 saturated heterocycles. The number of nitrogens with zero attached hydrogens (tertiary/aromatic N) is 1. The van der Waals surface area contributed by atoms with Crippen molar-refractivity contribution >= 4 is 23.4 Å². The molecule has 0 amide bonds. The Bertz CT molecular complexity index is 425. The maximum Gasteiger partial charge on any atom is 0.0486 e. The standard InChI is InChI=1S/C15H23ClN2S/c1-4-17-15(14-10-19-8-7-18(14)3)12-6-5-11(2)13(16)9-12/h5-6,9,14-15,17H,4,7-8,10H2,1-3H3. The quantitative estimate of drug-likeness (QED) is 0.918. The number of likely N-dealkylation sites (N-methyl/N-ethyl adjacent to an activating group) is 2. The molecule has 0 saturated carbocycles. The third-order valence-corrected chi connectivity index (χ3v) is 5.26. The van der Waals surface area contributed by atoms with Crippen molar-refractivity contribution in [1.82, 2.24) is 10.2 Å². The number of hydrogen-bond acceptors (Lipinski definition) is 3. The molecule has 1 N–H and O–H groups in total. The molecule has 0 aromatic heterocycles. The van der Waals surface area contributed by atoms with Gasteiger partial charge in [0, 0.05) is 35.2 Å². The Kier molecular flexibility index (Phi) is 5.58. The summed E-state index contributed by atoms with van der Waals surface area (Å²) in [6.07, 6.45) is 0. The van der Waals surface area contributed by atoms with Crippen LogP contribution in [0.1, 0.15) is 24.1 Å². The second-order valence-corrected chi connectivity index (χ2v) is 6.72. The van der Waals surface area contributed by atoms with E-state index in [2.05, 4.69) is 49.3 Å². The van der Waals surface area contributed by atoms with Crippen molar-refractivity contribution < 1.29 is 0 Å². The lowest BCUT2D eigenvalue weighted by atomic mass is 9.98. The summed E-state index contributed by atoms with van der Waals surface area (Å²) in [6.45, 7) is 6.36. The van der Waals surface area contributed by atoms with Gasteiger partial charge in [-0.25, -0.2) is 0 Å². The second-order valence-electron chi connectivity index (χ2n) is 5.17. The highest BCUT2D eigenvalue weighted by molar-refractivity contribution is 7.99. The van der Waals surface area contributed by atoms with Crippen LogP contribution in [0.2, 0.25) is 5.02 Å². The van der Waals surface area contributed by atoms with Crippen molar-refractivity contribution in [3.63, 3.8) is 0 Å². The normalized spacial score (nSPS) is 22.4. The van der Waals surface area contributed by atoms with Gasteiger partial charge in [0.15, 0.2) is 0 Å². The average Bonchev–Trinajstić information content (AvgIpc) is 2.40. The molecule has 4 heteroatoms. The predicted octanol–water partition coefficient (Wildman–Crippen LogP) is 3.35. The van der Waals surface area contributed by atoms with Crippen LogP contribution in [0.3, 0.4) is 0 Å². The highest BCUT2D eigenvalue weighted by Gasteiger charge is 2.28. The number of aryl methyl sites for hydroxylation is 1. The Morgan fingerprint density at radius 3 is 2.95 bits per heavy atom. The van der Waals surface area contributed by atoms with E-state index in [0.29, 0.717) is 12.1 Å². The van der Waals surface area contributed by atoms with E-state index < -0.39 is 0 Å². The van der Waals surface area contributed by atoms with Gasteiger partial charge in [-0.2, -0.15) is 11.8 Å². The highest BCUT2D eigenvalue weighted by atomic mass is 35.5. The Morgan fingerprint density at radius 2 is 2.32 bits per heavy atom. The van der Waals surface area contributed by atoms with Gasteiger partial charge in [-0.3, -0.25) is 4.90 Å².